The van der Waals surface area contributed by atoms with E-state index in [0.717, 1.165) is 17.0 Å². The third-order valence-corrected chi connectivity index (χ3v) is 4.50. The molecule has 2 atom stereocenters. The molecule has 3 rings (SSSR count). The van der Waals surface area contributed by atoms with Gasteiger partial charge in [-0.25, -0.2) is 13.2 Å². The Morgan fingerprint density at radius 2 is 1.77 bits per heavy atom. The van der Waals surface area contributed by atoms with Gasteiger partial charge in [0.2, 0.25) is 11.8 Å². The maximum atomic E-state index is 13.6. The summed E-state index contributed by atoms with van der Waals surface area (Å²) in [5.41, 5.74) is 0.220. The smallest absolute Gasteiger partial charge is 0.243 e. The first-order valence-corrected chi connectivity index (χ1v) is 9.22. The molecule has 0 aliphatic carbocycles. The monoisotopic (exact) mass is 419 g/mol. The van der Waals surface area contributed by atoms with Gasteiger partial charge in [0.1, 0.15) is 11.3 Å². The topological polar surface area (TPSA) is 83.4 Å². The molecule has 0 fully saturated rings. The van der Waals surface area contributed by atoms with Crippen molar-refractivity contribution in [2.24, 2.45) is 0 Å². The van der Waals surface area contributed by atoms with Crippen LogP contribution in [0.25, 0.3) is 11.0 Å². The van der Waals surface area contributed by atoms with E-state index in [-0.39, 0.29) is 6.04 Å². The Morgan fingerprint density at radius 3 is 2.50 bits per heavy atom. The van der Waals surface area contributed by atoms with E-state index in [1.165, 1.54) is 0 Å². The molecule has 3 N–H and O–H groups in total. The molecule has 0 aliphatic rings. The number of anilines is 1. The van der Waals surface area contributed by atoms with Gasteiger partial charge in [-0.1, -0.05) is 18.2 Å². The molecule has 0 radical (unpaired) electrons. The highest BCUT2D eigenvalue weighted by Crippen LogP contribution is 2.24. The molecule has 0 bridgehead atoms. The Bertz CT molecular complexity index is 1050. The van der Waals surface area contributed by atoms with E-state index in [2.05, 4.69) is 16.0 Å². The summed E-state index contributed by atoms with van der Waals surface area (Å²) < 4.78 is 45.5. The molecule has 0 aliphatic heterocycles. The van der Waals surface area contributed by atoms with Crippen molar-refractivity contribution in [3.8, 4) is 0 Å². The first-order valence-electron chi connectivity index (χ1n) is 9.22. The van der Waals surface area contributed by atoms with E-state index >= 15 is 0 Å². The van der Waals surface area contributed by atoms with Crippen LogP contribution in [0.5, 0.6) is 0 Å². The van der Waals surface area contributed by atoms with Crippen molar-refractivity contribution in [1.82, 2.24) is 10.6 Å². The van der Waals surface area contributed by atoms with E-state index in [1.54, 1.807) is 6.92 Å². The van der Waals surface area contributed by atoms with Crippen molar-refractivity contribution < 1.29 is 27.2 Å². The predicted molar refractivity (Wildman–Crippen MR) is 105 cm³/mol. The molecule has 0 spiro atoms. The van der Waals surface area contributed by atoms with Gasteiger partial charge >= 0.3 is 0 Å². The minimum atomic E-state index is -1.69. The minimum Gasteiger partial charge on any atom is -0.459 e. The lowest BCUT2D eigenvalue weighted by Crippen LogP contribution is -2.45. The summed E-state index contributed by atoms with van der Waals surface area (Å²) in [7, 11) is 0. The number of hydrogen-bond acceptors (Lipinski definition) is 4. The SMILES string of the molecule is CC(NC(C)c1cc2ccccc2o1)C(=O)NCC(=O)Nc1ccc(F)c(F)c1F. The van der Waals surface area contributed by atoms with Crippen LogP contribution < -0.4 is 16.0 Å². The lowest BCUT2D eigenvalue weighted by atomic mass is 10.2. The molecule has 3 aromatic rings. The highest BCUT2D eigenvalue weighted by atomic mass is 19.2. The van der Waals surface area contributed by atoms with Gasteiger partial charge in [0.15, 0.2) is 17.5 Å². The summed E-state index contributed by atoms with van der Waals surface area (Å²) in [6.45, 7) is 2.98. The molecule has 30 heavy (non-hydrogen) atoms. The Labute approximate surface area is 170 Å². The van der Waals surface area contributed by atoms with Crippen LogP contribution in [0.3, 0.4) is 0 Å². The highest BCUT2D eigenvalue weighted by molar-refractivity contribution is 5.95. The number of amides is 2. The quantitative estimate of drug-likeness (QED) is 0.511. The number of fused-ring (bicyclic) bond motifs is 1. The summed E-state index contributed by atoms with van der Waals surface area (Å²) in [5, 5.41) is 8.49. The van der Waals surface area contributed by atoms with Gasteiger partial charge in [-0.2, -0.15) is 0 Å². The van der Waals surface area contributed by atoms with Crippen LogP contribution in [0.15, 0.2) is 46.9 Å². The fraction of sp³-hybridized carbons (Fsp3) is 0.238. The number of carbonyl (C=O) groups is 2. The zero-order valence-electron chi connectivity index (χ0n) is 16.3. The number of halogens is 3. The van der Waals surface area contributed by atoms with Gasteiger partial charge in [-0.15, -0.1) is 0 Å². The fourth-order valence-electron chi connectivity index (χ4n) is 2.89. The maximum absolute atomic E-state index is 13.6. The minimum absolute atomic E-state index is 0.275. The number of nitrogens with one attached hydrogen (secondary N) is 3. The number of rotatable bonds is 7. The van der Waals surface area contributed by atoms with Crippen molar-refractivity contribution >= 4 is 28.5 Å². The fourth-order valence-corrected chi connectivity index (χ4v) is 2.89. The second-order valence-electron chi connectivity index (χ2n) is 6.79. The molecule has 0 saturated carbocycles. The van der Waals surface area contributed by atoms with Crippen LogP contribution in [0.2, 0.25) is 0 Å². The lowest BCUT2D eigenvalue weighted by Gasteiger charge is -2.18. The number of benzene rings is 2. The second-order valence-corrected chi connectivity index (χ2v) is 6.79. The van der Waals surface area contributed by atoms with Gasteiger partial charge in [0.05, 0.1) is 24.3 Å². The molecule has 1 aromatic heterocycles. The molecule has 2 amide bonds. The molecular weight excluding hydrogens is 399 g/mol. The molecule has 6 nitrogen and oxygen atoms in total. The van der Waals surface area contributed by atoms with Gasteiger partial charge in [0.25, 0.3) is 0 Å². The van der Waals surface area contributed by atoms with E-state index < -0.39 is 47.5 Å². The summed E-state index contributed by atoms with van der Waals surface area (Å²) in [6.07, 6.45) is 0. The standard InChI is InChI=1S/C21H20F3N3O3/c1-11(17-9-13-5-3-4-6-16(13)30-17)26-12(2)21(29)25-10-18(28)27-15-8-7-14(22)19(23)20(15)24/h3-9,11-12,26H,10H2,1-2H3,(H,25,29)(H,27,28). The van der Waals surface area contributed by atoms with Crippen molar-refractivity contribution in [2.45, 2.75) is 25.9 Å². The number of furan rings is 1. The first kappa shape index (κ1) is 21.4. The average molecular weight is 419 g/mol. The summed E-state index contributed by atoms with van der Waals surface area (Å²) >= 11 is 0. The summed E-state index contributed by atoms with van der Waals surface area (Å²) in [5.74, 6) is -5.16. The third-order valence-electron chi connectivity index (χ3n) is 4.50. The van der Waals surface area contributed by atoms with Gasteiger partial charge in [0, 0.05) is 5.39 Å². The maximum Gasteiger partial charge on any atom is 0.243 e. The van der Waals surface area contributed by atoms with Gasteiger partial charge < -0.3 is 15.1 Å². The Morgan fingerprint density at radius 1 is 1.03 bits per heavy atom. The first-order chi connectivity index (χ1) is 14.3. The van der Waals surface area contributed by atoms with E-state index in [1.807, 2.05) is 37.3 Å². The van der Waals surface area contributed by atoms with Crippen LogP contribution in [0, 0.1) is 17.5 Å². The van der Waals surface area contributed by atoms with Crippen LogP contribution in [0.1, 0.15) is 25.6 Å². The molecular formula is C21H20F3N3O3. The molecule has 0 saturated heterocycles. The lowest BCUT2D eigenvalue weighted by molar-refractivity contribution is -0.125. The molecule has 158 valence electrons. The Balaban J connectivity index is 1.51. The van der Waals surface area contributed by atoms with Crippen molar-refractivity contribution in [1.29, 1.82) is 0 Å². The summed E-state index contributed by atoms with van der Waals surface area (Å²) in [6, 6.07) is 10.0. The van der Waals surface area contributed by atoms with Gasteiger partial charge in [-0.05, 0) is 38.1 Å². The number of hydrogen-bond donors (Lipinski definition) is 3. The predicted octanol–water partition coefficient (Wildman–Crippen LogP) is 3.64. The molecule has 2 unspecified atom stereocenters. The van der Waals surface area contributed by atoms with Gasteiger partial charge in [-0.3, -0.25) is 14.9 Å². The number of para-hydroxylation sites is 1. The van der Waals surface area contributed by atoms with Crippen molar-refractivity contribution in [3.05, 3.63) is 65.7 Å². The van der Waals surface area contributed by atoms with Crippen LogP contribution >= 0.6 is 0 Å². The second kappa shape index (κ2) is 9.00. The van der Waals surface area contributed by atoms with E-state index in [4.69, 9.17) is 4.42 Å². The Hall–Kier alpha value is -3.33. The molecule has 2 aromatic carbocycles. The highest BCUT2D eigenvalue weighted by Gasteiger charge is 2.20. The van der Waals surface area contributed by atoms with Crippen LogP contribution in [-0.4, -0.2) is 24.4 Å². The van der Waals surface area contributed by atoms with E-state index in [9.17, 15) is 22.8 Å². The summed E-state index contributed by atoms with van der Waals surface area (Å²) in [4.78, 5) is 24.1. The molecule has 1 heterocycles. The largest absolute Gasteiger partial charge is 0.459 e. The third kappa shape index (κ3) is 4.80. The van der Waals surface area contributed by atoms with Crippen LogP contribution in [-0.2, 0) is 9.59 Å². The molecule has 9 heteroatoms. The number of carbonyl (C=O) groups excluding carboxylic acids is 2. The van der Waals surface area contributed by atoms with Crippen molar-refractivity contribution in [2.75, 3.05) is 11.9 Å². The van der Waals surface area contributed by atoms with Crippen molar-refractivity contribution in [3.63, 3.8) is 0 Å². The Kier molecular flexibility index (Phi) is 6.41. The van der Waals surface area contributed by atoms with E-state index in [0.29, 0.717) is 11.8 Å². The normalized spacial score (nSPS) is 13.1. The van der Waals surface area contributed by atoms with Crippen LogP contribution in [0.4, 0.5) is 18.9 Å². The average Bonchev–Trinajstić information content (AvgIpc) is 3.17. The zero-order valence-corrected chi connectivity index (χ0v) is 16.3. The zero-order chi connectivity index (χ0) is 21.8.